The van der Waals surface area contributed by atoms with E-state index >= 15 is 0 Å². The molecule has 0 aliphatic carbocycles. The van der Waals surface area contributed by atoms with Crippen molar-refractivity contribution in [3.05, 3.63) is 53.6 Å². The Morgan fingerprint density at radius 2 is 1.86 bits per heavy atom. The van der Waals surface area contributed by atoms with E-state index in [1.807, 2.05) is 42.5 Å². The van der Waals surface area contributed by atoms with Crippen LogP contribution in [0.1, 0.15) is 30.0 Å². The van der Waals surface area contributed by atoms with Crippen molar-refractivity contribution in [3.63, 3.8) is 0 Å². The summed E-state index contributed by atoms with van der Waals surface area (Å²) in [6, 6.07) is 13.9. The van der Waals surface area contributed by atoms with Gasteiger partial charge in [0, 0.05) is 18.2 Å². The van der Waals surface area contributed by atoms with Gasteiger partial charge in [-0.05, 0) is 55.6 Å². The summed E-state index contributed by atoms with van der Waals surface area (Å²) in [6.45, 7) is 1.85. The topological polar surface area (TPSA) is 60.0 Å². The summed E-state index contributed by atoms with van der Waals surface area (Å²) in [5.74, 6) is 2.52. The number of likely N-dealkylation sites (tertiary alicyclic amines) is 1. The molecule has 1 aliphatic heterocycles. The average molecular weight is 399 g/mol. The minimum Gasteiger partial charge on any atom is -0.497 e. The highest BCUT2D eigenvalue weighted by molar-refractivity contribution is 5.78. The lowest BCUT2D eigenvalue weighted by Gasteiger charge is -2.26. The Bertz CT molecular complexity index is 824. The van der Waals surface area contributed by atoms with Crippen molar-refractivity contribution in [3.8, 4) is 17.2 Å². The fourth-order valence-corrected chi connectivity index (χ4v) is 3.95. The van der Waals surface area contributed by atoms with Crippen molar-refractivity contribution in [1.29, 1.82) is 0 Å². The fourth-order valence-electron chi connectivity index (χ4n) is 3.95. The summed E-state index contributed by atoms with van der Waals surface area (Å²) in [7, 11) is 5.00. The highest BCUT2D eigenvalue weighted by atomic mass is 16.5. The third-order valence-electron chi connectivity index (χ3n) is 5.42. The summed E-state index contributed by atoms with van der Waals surface area (Å²) in [5.41, 5.74) is 2.17. The van der Waals surface area contributed by atoms with E-state index in [0.717, 1.165) is 54.2 Å². The van der Waals surface area contributed by atoms with Gasteiger partial charge in [0.05, 0.1) is 27.9 Å². The first-order valence-electron chi connectivity index (χ1n) is 10.0. The molecular formula is C23H30N2O4. The molecule has 2 aromatic carbocycles. The Balaban J connectivity index is 1.59. The first kappa shape index (κ1) is 21.0. The molecule has 1 aliphatic rings. The average Bonchev–Trinajstić information content (AvgIpc) is 3.21. The van der Waals surface area contributed by atoms with Gasteiger partial charge in [0.1, 0.15) is 17.2 Å². The summed E-state index contributed by atoms with van der Waals surface area (Å²) in [5, 5.41) is 3.04. The molecule has 6 nitrogen and oxygen atoms in total. The molecule has 1 N–H and O–H groups in total. The van der Waals surface area contributed by atoms with Gasteiger partial charge in [0.2, 0.25) is 5.91 Å². The second kappa shape index (κ2) is 10.2. The van der Waals surface area contributed by atoms with Gasteiger partial charge in [-0.15, -0.1) is 0 Å². The van der Waals surface area contributed by atoms with Gasteiger partial charge in [-0.3, -0.25) is 9.69 Å². The van der Waals surface area contributed by atoms with Gasteiger partial charge in [-0.25, -0.2) is 0 Å². The standard InChI is InChI=1S/C23H30N2O4/c1-27-18-10-11-22(29-3)19(15-18)20-8-6-14-25(20)16-23(26)24-13-12-17-7-4-5-9-21(17)28-2/h4-5,7,9-11,15,20H,6,8,12-14,16H2,1-3H3,(H,24,26)/t20-/m0/s1. The zero-order valence-corrected chi connectivity index (χ0v) is 17.4. The molecule has 3 rings (SSSR count). The highest BCUT2D eigenvalue weighted by Gasteiger charge is 2.30. The van der Waals surface area contributed by atoms with Gasteiger partial charge in [0.25, 0.3) is 0 Å². The normalized spacial score (nSPS) is 16.4. The van der Waals surface area contributed by atoms with Crippen LogP contribution in [-0.4, -0.2) is 51.8 Å². The van der Waals surface area contributed by atoms with Gasteiger partial charge in [0.15, 0.2) is 0 Å². The van der Waals surface area contributed by atoms with E-state index in [1.54, 1.807) is 21.3 Å². The third kappa shape index (κ3) is 5.21. The maximum Gasteiger partial charge on any atom is 0.234 e. The van der Waals surface area contributed by atoms with Crippen LogP contribution in [0.2, 0.25) is 0 Å². The van der Waals surface area contributed by atoms with E-state index in [1.165, 1.54) is 0 Å². The van der Waals surface area contributed by atoms with Crippen LogP contribution in [0.25, 0.3) is 0 Å². The van der Waals surface area contributed by atoms with Crippen LogP contribution >= 0.6 is 0 Å². The Kier molecular flexibility index (Phi) is 7.36. The molecule has 0 bridgehead atoms. The number of ether oxygens (including phenoxy) is 3. The second-order valence-electron chi connectivity index (χ2n) is 7.15. The fraction of sp³-hybridized carbons (Fsp3) is 0.435. The van der Waals surface area contributed by atoms with E-state index in [4.69, 9.17) is 14.2 Å². The summed E-state index contributed by atoms with van der Waals surface area (Å²) in [4.78, 5) is 14.8. The third-order valence-corrected chi connectivity index (χ3v) is 5.42. The molecule has 0 aromatic heterocycles. The van der Waals surface area contributed by atoms with Crippen molar-refractivity contribution in [2.75, 3.05) is 41.0 Å². The van der Waals surface area contributed by atoms with Crippen LogP contribution in [0.3, 0.4) is 0 Å². The smallest absolute Gasteiger partial charge is 0.234 e. The molecule has 2 aromatic rings. The zero-order valence-electron chi connectivity index (χ0n) is 17.4. The molecule has 0 radical (unpaired) electrons. The quantitative estimate of drug-likeness (QED) is 0.703. The van der Waals surface area contributed by atoms with Crippen LogP contribution in [0, 0.1) is 0 Å². The van der Waals surface area contributed by atoms with Gasteiger partial charge >= 0.3 is 0 Å². The lowest BCUT2D eigenvalue weighted by molar-refractivity contribution is -0.122. The number of hydrogen-bond donors (Lipinski definition) is 1. The van der Waals surface area contributed by atoms with Gasteiger partial charge in [-0.2, -0.15) is 0 Å². The van der Waals surface area contributed by atoms with Crippen LogP contribution < -0.4 is 19.5 Å². The Hall–Kier alpha value is -2.73. The SMILES string of the molecule is COc1ccc(OC)c([C@@H]2CCCN2CC(=O)NCCc2ccccc2OC)c1. The number of benzene rings is 2. The number of carbonyl (C=O) groups is 1. The van der Waals surface area contributed by atoms with E-state index in [0.29, 0.717) is 13.1 Å². The van der Waals surface area contributed by atoms with Crippen molar-refractivity contribution < 1.29 is 19.0 Å². The number of para-hydroxylation sites is 1. The van der Waals surface area contributed by atoms with Crippen LogP contribution in [0.5, 0.6) is 17.2 Å². The van der Waals surface area contributed by atoms with Crippen LogP contribution in [-0.2, 0) is 11.2 Å². The van der Waals surface area contributed by atoms with Crippen LogP contribution in [0.4, 0.5) is 0 Å². The lowest BCUT2D eigenvalue weighted by atomic mass is 10.0. The van der Waals surface area contributed by atoms with Crippen LogP contribution in [0.15, 0.2) is 42.5 Å². The molecule has 1 atom stereocenters. The molecule has 29 heavy (non-hydrogen) atoms. The Morgan fingerprint density at radius 1 is 1.07 bits per heavy atom. The van der Waals surface area contributed by atoms with E-state index in [2.05, 4.69) is 10.2 Å². The Labute approximate surface area is 172 Å². The van der Waals surface area contributed by atoms with E-state index in [9.17, 15) is 4.79 Å². The van der Waals surface area contributed by atoms with Gasteiger partial charge < -0.3 is 19.5 Å². The number of rotatable bonds is 9. The highest BCUT2D eigenvalue weighted by Crippen LogP contribution is 2.38. The largest absolute Gasteiger partial charge is 0.497 e. The molecule has 0 unspecified atom stereocenters. The number of nitrogens with one attached hydrogen (secondary N) is 1. The monoisotopic (exact) mass is 398 g/mol. The molecule has 0 saturated carbocycles. The number of nitrogens with zero attached hydrogens (tertiary/aromatic N) is 1. The molecule has 1 saturated heterocycles. The second-order valence-corrected chi connectivity index (χ2v) is 7.15. The molecule has 1 amide bonds. The molecule has 1 fully saturated rings. The Morgan fingerprint density at radius 3 is 2.62 bits per heavy atom. The van der Waals surface area contributed by atoms with E-state index in [-0.39, 0.29) is 11.9 Å². The molecule has 156 valence electrons. The number of methoxy groups -OCH3 is 3. The molecule has 6 heteroatoms. The maximum atomic E-state index is 12.6. The van der Waals surface area contributed by atoms with Crippen molar-refractivity contribution in [2.24, 2.45) is 0 Å². The van der Waals surface area contributed by atoms with Crippen molar-refractivity contribution >= 4 is 5.91 Å². The number of hydrogen-bond acceptors (Lipinski definition) is 5. The number of amides is 1. The first-order chi connectivity index (χ1) is 14.2. The maximum absolute atomic E-state index is 12.6. The van der Waals surface area contributed by atoms with E-state index < -0.39 is 0 Å². The first-order valence-corrected chi connectivity index (χ1v) is 10.0. The van der Waals surface area contributed by atoms with Crippen molar-refractivity contribution in [1.82, 2.24) is 10.2 Å². The zero-order chi connectivity index (χ0) is 20.6. The number of carbonyl (C=O) groups excluding carboxylic acids is 1. The summed E-state index contributed by atoms with van der Waals surface area (Å²) < 4.78 is 16.3. The lowest BCUT2D eigenvalue weighted by Crippen LogP contribution is -2.37. The molecule has 1 heterocycles. The minimum absolute atomic E-state index is 0.0358. The van der Waals surface area contributed by atoms with Crippen molar-refractivity contribution in [2.45, 2.75) is 25.3 Å². The minimum atomic E-state index is 0.0358. The summed E-state index contributed by atoms with van der Waals surface area (Å²) in [6.07, 6.45) is 2.79. The summed E-state index contributed by atoms with van der Waals surface area (Å²) >= 11 is 0. The molecular weight excluding hydrogens is 368 g/mol. The predicted octanol–water partition coefficient (Wildman–Crippen LogP) is 3.21. The predicted molar refractivity (Wildman–Crippen MR) is 113 cm³/mol. The molecule has 0 spiro atoms. The van der Waals surface area contributed by atoms with Gasteiger partial charge in [-0.1, -0.05) is 18.2 Å².